The molecular weight excluding hydrogens is 316 g/mol. The van der Waals surface area contributed by atoms with Crippen LogP contribution in [0.2, 0.25) is 0 Å². The van der Waals surface area contributed by atoms with Crippen molar-refractivity contribution < 1.29 is 9.59 Å². The lowest BCUT2D eigenvalue weighted by atomic mass is 9.93. The van der Waals surface area contributed by atoms with Crippen molar-refractivity contribution in [1.82, 2.24) is 7.85 Å². The predicted molar refractivity (Wildman–Crippen MR) is 59.7 cm³/mol. The molecule has 1 aliphatic heterocycles. The average molecular weight is 328 g/mol. The van der Waals surface area contributed by atoms with Gasteiger partial charge in [-0.3, -0.25) is 17.4 Å². The Morgan fingerprint density at radius 2 is 1.07 bits per heavy atom. The lowest BCUT2D eigenvalue weighted by Gasteiger charge is -2.47. The van der Waals surface area contributed by atoms with Crippen LogP contribution in [0.3, 0.4) is 0 Å². The first kappa shape index (κ1) is 12.0. The molecule has 0 unspecified atom stereocenters. The topological polar surface area (TPSA) is 40.6 Å². The summed E-state index contributed by atoms with van der Waals surface area (Å²) in [6.45, 7) is 6.74. The van der Waals surface area contributed by atoms with Crippen molar-refractivity contribution in [2.24, 2.45) is 0 Å². The van der Waals surface area contributed by atoms with E-state index in [1.54, 1.807) is 27.7 Å². The molecule has 2 amide bonds. The molecule has 0 bridgehead atoms. The zero-order valence-electron chi connectivity index (χ0n) is 8.47. The van der Waals surface area contributed by atoms with E-state index in [1.165, 1.54) is 7.85 Å². The second kappa shape index (κ2) is 3.20. The van der Waals surface area contributed by atoms with Crippen molar-refractivity contribution in [1.29, 1.82) is 0 Å². The largest absolute Gasteiger partial charge is 0.271 e. The predicted octanol–water partition coefficient (Wildman–Crippen LogP) is 1.83. The van der Waals surface area contributed by atoms with E-state index >= 15 is 0 Å². The van der Waals surface area contributed by atoms with Gasteiger partial charge in [-0.1, -0.05) is 0 Å². The van der Waals surface area contributed by atoms with Crippen LogP contribution in [0.1, 0.15) is 27.7 Å². The first-order valence-electron chi connectivity index (χ1n) is 4.14. The molecule has 1 fully saturated rings. The van der Waals surface area contributed by atoms with Crippen LogP contribution in [0.5, 0.6) is 0 Å². The molecule has 14 heavy (non-hydrogen) atoms. The third-order valence-corrected chi connectivity index (χ3v) is 4.80. The van der Waals surface area contributed by atoms with Gasteiger partial charge in [0.2, 0.25) is 0 Å². The Hall–Kier alpha value is -0.100. The van der Waals surface area contributed by atoms with Crippen LogP contribution in [0.15, 0.2) is 0 Å². The zero-order chi connectivity index (χ0) is 11.3. The first-order chi connectivity index (χ1) is 6.13. The normalized spacial score (nSPS) is 25.6. The maximum atomic E-state index is 11.9. The van der Waals surface area contributed by atoms with Crippen molar-refractivity contribution in [2.45, 2.75) is 38.8 Å². The Labute approximate surface area is 100 Å². The fraction of sp³-hybridized carbons (Fsp3) is 0.750. The Morgan fingerprint density at radius 3 is 1.29 bits per heavy atom. The molecule has 0 N–H and O–H groups in total. The smallest absolute Gasteiger partial charge is 0.259 e. The highest BCUT2D eigenvalue weighted by Gasteiger charge is 2.54. The lowest BCUT2D eigenvalue weighted by Crippen LogP contribution is -2.67. The number of halogens is 2. The molecule has 0 aromatic rings. The van der Waals surface area contributed by atoms with Gasteiger partial charge in [0.15, 0.2) is 0 Å². The van der Waals surface area contributed by atoms with Gasteiger partial charge in [0.1, 0.15) is 11.1 Å². The standard InChI is InChI=1S/C8H12Br2N2O2/c1-7(2)5(13)12(10)8(3,4)6(14)11(7)9/h1-4H3. The molecule has 1 heterocycles. The number of hydrogen-bond donors (Lipinski definition) is 0. The second-order valence-corrected chi connectivity index (χ2v) is 5.71. The molecule has 80 valence electrons. The maximum Gasteiger partial charge on any atom is 0.259 e. The number of nitrogens with zero attached hydrogens (tertiary/aromatic N) is 2. The van der Waals surface area contributed by atoms with Crippen molar-refractivity contribution in [2.75, 3.05) is 0 Å². The van der Waals surface area contributed by atoms with Gasteiger partial charge in [-0.25, -0.2) is 0 Å². The number of rotatable bonds is 0. The molecule has 0 saturated carbocycles. The van der Waals surface area contributed by atoms with Gasteiger partial charge >= 0.3 is 0 Å². The Bertz CT molecular complexity index is 272. The summed E-state index contributed by atoms with van der Waals surface area (Å²) in [5.74, 6) is -0.307. The minimum Gasteiger partial charge on any atom is -0.271 e. The van der Waals surface area contributed by atoms with Crippen LogP contribution in [-0.2, 0) is 9.59 Å². The van der Waals surface area contributed by atoms with E-state index in [1.807, 2.05) is 0 Å². The van der Waals surface area contributed by atoms with E-state index in [9.17, 15) is 9.59 Å². The van der Waals surface area contributed by atoms with E-state index in [2.05, 4.69) is 32.3 Å². The van der Waals surface area contributed by atoms with E-state index in [-0.39, 0.29) is 11.8 Å². The van der Waals surface area contributed by atoms with Crippen LogP contribution in [-0.4, -0.2) is 30.7 Å². The van der Waals surface area contributed by atoms with Crippen molar-refractivity contribution in [3.05, 3.63) is 0 Å². The van der Waals surface area contributed by atoms with Gasteiger partial charge in [0, 0.05) is 0 Å². The summed E-state index contributed by atoms with van der Waals surface area (Å²) in [6.07, 6.45) is 0. The van der Waals surface area contributed by atoms with Crippen LogP contribution >= 0.6 is 32.3 Å². The van der Waals surface area contributed by atoms with E-state index in [0.29, 0.717) is 0 Å². The highest BCUT2D eigenvalue weighted by atomic mass is 79.9. The Balaban J connectivity index is 3.21. The maximum absolute atomic E-state index is 11.9. The molecule has 1 saturated heterocycles. The molecular formula is C8H12Br2N2O2. The average Bonchev–Trinajstić information content (AvgIpc) is 2.11. The van der Waals surface area contributed by atoms with Crippen LogP contribution in [0.25, 0.3) is 0 Å². The minimum atomic E-state index is -0.865. The Kier molecular flexibility index (Phi) is 2.73. The first-order valence-corrected chi connectivity index (χ1v) is 5.56. The fourth-order valence-electron chi connectivity index (χ4n) is 1.16. The molecule has 1 rings (SSSR count). The fourth-order valence-corrected chi connectivity index (χ4v) is 2.33. The van der Waals surface area contributed by atoms with Crippen LogP contribution < -0.4 is 0 Å². The number of hydrogen-bond acceptors (Lipinski definition) is 2. The van der Waals surface area contributed by atoms with Gasteiger partial charge in [0.05, 0.1) is 32.3 Å². The SMILES string of the molecule is CC1(C)C(=O)N(Br)C(C)(C)C(=O)N1Br. The van der Waals surface area contributed by atoms with Crippen molar-refractivity contribution in [3.63, 3.8) is 0 Å². The summed E-state index contributed by atoms with van der Waals surface area (Å²) in [6, 6.07) is 0. The molecule has 1 aliphatic rings. The highest BCUT2D eigenvalue weighted by Crippen LogP contribution is 2.36. The molecule has 6 heteroatoms. The second-order valence-electron chi connectivity index (χ2n) is 4.29. The van der Waals surface area contributed by atoms with Gasteiger partial charge < -0.3 is 0 Å². The van der Waals surface area contributed by atoms with E-state index < -0.39 is 11.1 Å². The molecule has 0 aliphatic carbocycles. The number of piperazine rings is 1. The lowest BCUT2D eigenvalue weighted by molar-refractivity contribution is -0.158. The quantitative estimate of drug-likeness (QED) is 0.637. The molecule has 0 radical (unpaired) electrons. The summed E-state index contributed by atoms with van der Waals surface area (Å²) in [7, 11) is 0. The number of amides is 2. The number of carbonyl (C=O) groups is 2. The van der Waals surface area contributed by atoms with E-state index in [0.717, 1.165) is 0 Å². The number of carbonyl (C=O) groups excluding carboxylic acids is 2. The van der Waals surface area contributed by atoms with Crippen molar-refractivity contribution in [3.8, 4) is 0 Å². The van der Waals surface area contributed by atoms with Gasteiger partial charge in [-0.15, -0.1) is 0 Å². The Morgan fingerprint density at radius 1 is 0.857 bits per heavy atom. The summed E-state index contributed by atoms with van der Waals surface area (Å²) in [5, 5.41) is 0. The van der Waals surface area contributed by atoms with Crippen LogP contribution in [0, 0.1) is 0 Å². The summed E-state index contributed by atoms with van der Waals surface area (Å²) in [5.41, 5.74) is -1.73. The molecule has 0 spiro atoms. The van der Waals surface area contributed by atoms with E-state index in [4.69, 9.17) is 0 Å². The highest BCUT2D eigenvalue weighted by molar-refractivity contribution is 9.08. The van der Waals surface area contributed by atoms with Crippen molar-refractivity contribution >= 4 is 44.1 Å². The molecule has 4 nitrogen and oxygen atoms in total. The van der Waals surface area contributed by atoms with Crippen LogP contribution in [0.4, 0.5) is 0 Å². The summed E-state index contributed by atoms with van der Waals surface area (Å²) in [4.78, 5) is 23.7. The minimum absolute atomic E-state index is 0.154. The zero-order valence-corrected chi connectivity index (χ0v) is 11.6. The third-order valence-electron chi connectivity index (χ3n) is 2.38. The van der Waals surface area contributed by atoms with Gasteiger partial charge in [-0.05, 0) is 27.7 Å². The van der Waals surface area contributed by atoms with Gasteiger partial charge in [0.25, 0.3) is 11.8 Å². The third kappa shape index (κ3) is 1.39. The molecule has 0 aromatic carbocycles. The molecule has 0 atom stereocenters. The monoisotopic (exact) mass is 326 g/mol. The molecule has 0 aromatic heterocycles. The summed E-state index contributed by atoms with van der Waals surface area (Å²) >= 11 is 6.27. The summed E-state index contributed by atoms with van der Waals surface area (Å²) < 4.78 is 2.61. The van der Waals surface area contributed by atoms with Gasteiger partial charge in [-0.2, -0.15) is 0 Å².